The summed E-state index contributed by atoms with van der Waals surface area (Å²) in [6.07, 6.45) is 0.809. The van der Waals surface area contributed by atoms with E-state index in [0.717, 1.165) is 22.2 Å². The summed E-state index contributed by atoms with van der Waals surface area (Å²) in [4.78, 5) is 1.18. The summed E-state index contributed by atoms with van der Waals surface area (Å²) in [5.74, 6) is 0.864. The van der Waals surface area contributed by atoms with Gasteiger partial charge in [0.1, 0.15) is 11.9 Å². The van der Waals surface area contributed by atoms with Crippen LogP contribution in [0, 0.1) is 6.92 Å². The Morgan fingerprint density at radius 2 is 2.16 bits per heavy atom. The normalized spacial score (nSPS) is 14.1. The molecule has 0 fully saturated rings. The van der Waals surface area contributed by atoms with Crippen molar-refractivity contribution >= 4 is 27.3 Å². The second-order valence-electron chi connectivity index (χ2n) is 4.54. The predicted molar refractivity (Wildman–Crippen MR) is 84.8 cm³/mol. The molecule has 2 aromatic rings. The maximum Gasteiger partial charge on any atom is 0.148 e. The molecule has 0 bridgehead atoms. The van der Waals surface area contributed by atoms with Gasteiger partial charge in [-0.1, -0.05) is 28.9 Å². The number of benzene rings is 1. The zero-order valence-electron chi connectivity index (χ0n) is 11.1. The second-order valence-corrected chi connectivity index (χ2v) is 6.37. The van der Waals surface area contributed by atoms with Crippen LogP contribution in [-0.4, -0.2) is 6.04 Å². The molecule has 0 aliphatic heterocycles. The van der Waals surface area contributed by atoms with Crippen LogP contribution in [0.5, 0.6) is 5.75 Å². The van der Waals surface area contributed by atoms with Crippen molar-refractivity contribution in [2.24, 2.45) is 5.73 Å². The van der Waals surface area contributed by atoms with E-state index in [2.05, 4.69) is 41.2 Å². The molecule has 2 rings (SSSR count). The number of halogens is 1. The maximum atomic E-state index is 6.20. The highest BCUT2D eigenvalue weighted by molar-refractivity contribution is 9.10. The molecule has 1 heterocycles. The summed E-state index contributed by atoms with van der Waals surface area (Å²) in [5, 5.41) is 2.06. The van der Waals surface area contributed by atoms with E-state index in [-0.39, 0.29) is 12.1 Å². The average molecular weight is 340 g/mol. The van der Waals surface area contributed by atoms with E-state index in [1.54, 1.807) is 11.3 Å². The van der Waals surface area contributed by atoms with Gasteiger partial charge in [-0.2, -0.15) is 0 Å². The monoisotopic (exact) mass is 339 g/mol. The quantitative estimate of drug-likeness (QED) is 0.858. The van der Waals surface area contributed by atoms with Crippen molar-refractivity contribution in [2.75, 3.05) is 0 Å². The number of hydrogen-bond acceptors (Lipinski definition) is 3. The summed E-state index contributed by atoms with van der Waals surface area (Å²) >= 11 is 5.19. The van der Waals surface area contributed by atoms with Crippen LogP contribution < -0.4 is 10.5 Å². The van der Waals surface area contributed by atoms with Crippen molar-refractivity contribution in [2.45, 2.75) is 32.4 Å². The lowest BCUT2D eigenvalue weighted by molar-refractivity contribution is 0.174. The third-order valence-electron chi connectivity index (χ3n) is 3.08. The van der Waals surface area contributed by atoms with Crippen LogP contribution >= 0.6 is 27.3 Å². The van der Waals surface area contributed by atoms with Gasteiger partial charge >= 0.3 is 0 Å². The van der Waals surface area contributed by atoms with Crippen molar-refractivity contribution < 1.29 is 4.74 Å². The minimum absolute atomic E-state index is 0.00241. The highest BCUT2D eigenvalue weighted by atomic mass is 79.9. The Labute approximate surface area is 126 Å². The van der Waals surface area contributed by atoms with Gasteiger partial charge in [0.2, 0.25) is 0 Å². The fraction of sp³-hybridized carbons (Fsp3) is 0.333. The molecule has 0 aliphatic carbocycles. The molecule has 2 nitrogen and oxygen atoms in total. The Hall–Kier alpha value is -0.840. The van der Waals surface area contributed by atoms with Crippen LogP contribution in [0.25, 0.3) is 0 Å². The predicted octanol–water partition coefficient (Wildman–Crippen LogP) is 4.68. The second kappa shape index (κ2) is 6.55. The molecular formula is C15H18BrNOS. The lowest BCUT2D eigenvalue weighted by Crippen LogP contribution is -2.30. The van der Waals surface area contributed by atoms with E-state index in [0.29, 0.717) is 0 Å². The van der Waals surface area contributed by atoms with Gasteiger partial charge in [0.05, 0.1) is 0 Å². The highest BCUT2D eigenvalue weighted by Crippen LogP contribution is 2.30. The Bertz CT molecular complexity index is 527. The Morgan fingerprint density at radius 1 is 1.37 bits per heavy atom. The van der Waals surface area contributed by atoms with Crippen LogP contribution in [0.2, 0.25) is 0 Å². The molecule has 0 amide bonds. The molecule has 0 aliphatic rings. The zero-order valence-corrected chi connectivity index (χ0v) is 13.5. The van der Waals surface area contributed by atoms with Crippen molar-refractivity contribution in [3.8, 4) is 5.75 Å². The van der Waals surface area contributed by atoms with Crippen molar-refractivity contribution in [1.82, 2.24) is 0 Å². The standard InChI is InChI=1S/C15H18BrNOS/c1-3-13(17)15(14-5-4-8-19-14)18-11-6-7-12(16)10(2)9-11/h4-9,13,15H,3,17H2,1-2H3. The highest BCUT2D eigenvalue weighted by Gasteiger charge is 2.21. The molecule has 2 N–H and O–H groups in total. The summed E-state index contributed by atoms with van der Waals surface area (Å²) < 4.78 is 7.20. The summed E-state index contributed by atoms with van der Waals surface area (Å²) in [5.41, 5.74) is 7.36. The number of aryl methyl sites for hydroxylation is 1. The van der Waals surface area contributed by atoms with Crippen LogP contribution in [0.1, 0.15) is 29.9 Å². The molecule has 0 spiro atoms. The molecule has 2 unspecified atom stereocenters. The molecule has 1 aromatic carbocycles. The number of ether oxygens (including phenoxy) is 1. The topological polar surface area (TPSA) is 35.2 Å². The molecule has 0 radical (unpaired) electrons. The summed E-state index contributed by atoms with van der Waals surface area (Å²) in [6.45, 7) is 4.14. The maximum absolute atomic E-state index is 6.20. The lowest BCUT2D eigenvalue weighted by atomic mass is 10.1. The van der Waals surface area contributed by atoms with Gasteiger partial charge in [-0.15, -0.1) is 11.3 Å². The SMILES string of the molecule is CCC(N)C(Oc1ccc(Br)c(C)c1)c1cccs1. The fourth-order valence-corrected chi connectivity index (χ4v) is 2.94. The summed E-state index contributed by atoms with van der Waals surface area (Å²) in [7, 11) is 0. The van der Waals surface area contributed by atoms with Crippen molar-refractivity contribution in [3.05, 3.63) is 50.6 Å². The van der Waals surface area contributed by atoms with Gasteiger partial charge in [-0.3, -0.25) is 0 Å². The molecule has 2 atom stereocenters. The molecule has 19 heavy (non-hydrogen) atoms. The van der Waals surface area contributed by atoms with Crippen LogP contribution in [0.3, 0.4) is 0 Å². The van der Waals surface area contributed by atoms with Crippen LogP contribution in [0.15, 0.2) is 40.2 Å². The minimum atomic E-state index is -0.0782. The molecule has 0 saturated heterocycles. The van der Waals surface area contributed by atoms with E-state index in [9.17, 15) is 0 Å². The fourth-order valence-electron chi connectivity index (χ4n) is 1.86. The Morgan fingerprint density at radius 3 is 2.74 bits per heavy atom. The Balaban J connectivity index is 2.23. The average Bonchev–Trinajstić information content (AvgIpc) is 2.93. The minimum Gasteiger partial charge on any atom is -0.483 e. The van der Waals surface area contributed by atoms with Crippen LogP contribution in [0.4, 0.5) is 0 Å². The smallest absolute Gasteiger partial charge is 0.148 e. The van der Waals surface area contributed by atoms with E-state index in [1.807, 2.05) is 24.3 Å². The summed E-state index contributed by atoms with van der Waals surface area (Å²) in [6, 6.07) is 10.1. The van der Waals surface area contributed by atoms with E-state index in [4.69, 9.17) is 10.5 Å². The first-order valence-electron chi connectivity index (χ1n) is 6.33. The van der Waals surface area contributed by atoms with E-state index >= 15 is 0 Å². The lowest BCUT2D eigenvalue weighted by Gasteiger charge is -2.23. The zero-order chi connectivity index (χ0) is 13.8. The molecule has 0 saturated carbocycles. The number of hydrogen-bond donors (Lipinski definition) is 1. The number of thiophene rings is 1. The molecule has 4 heteroatoms. The van der Waals surface area contributed by atoms with Gasteiger partial charge < -0.3 is 10.5 Å². The van der Waals surface area contributed by atoms with Crippen molar-refractivity contribution in [3.63, 3.8) is 0 Å². The first kappa shape index (κ1) is 14.6. The van der Waals surface area contributed by atoms with Gasteiger partial charge in [0.15, 0.2) is 0 Å². The molecule has 102 valence electrons. The van der Waals surface area contributed by atoms with E-state index in [1.165, 1.54) is 4.88 Å². The van der Waals surface area contributed by atoms with E-state index < -0.39 is 0 Å². The van der Waals surface area contributed by atoms with Crippen molar-refractivity contribution in [1.29, 1.82) is 0 Å². The number of nitrogens with two attached hydrogens (primary N) is 1. The molecular weight excluding hydrogens is 322 g/mol. The first-order chi connectivity index (χ1) is 9.11. The molecule has 1 aromatic heterocycles. The largest absolute Gasteiger partial charge is 0.483 e. The number of rotatable bonds is 5. The van der Waals surface area contributed by atoms with Crippen LogP contribution in [-0.2, 0) is 0 Å². The van der Waals surface area contributed by atoms with Gasteiger partial charge in [0.25, 0.3) is 0 Å². The van der Waals surface area contributed by atoms with Gasteiger partial charge in [-0.05, 0) is 48.6 Å². The van der Waals surface area contributed by atoms with Gasteiger partial charge in [-0.25, -0.2) is 0 Å². The third kappa shape index (κ3) is 3.59. The van der Waals surface area contributed by atoms with Gasteiger partial charge in [0, 0.05) is 15.4 Å². The Kier molecular flexibility index (Phi) is 5.02. The first-order valence-corrected chi connectivity index (χ1v) is 8.01. The third-order valence-corrected chi connectivity index (χ3v) is 4.90.